The van der Waals surface area contributed by atoms with E-state index in [-0.39, 0.29) is 0 Å². The average Bonchev–Trinajstić information content (AvgIpc) is 2.17. The molecule has 0 saturated carbocycles. The predicted molar refractivity (Wildman–Crippen MR) is 58.9 cm³/mol. The maximum atomic E-state index is 8.77. The lowest BCUT2D eigenvalue weighted by atomic mass is 9.92. The van der Waals surface area contributed by atoms with Crippen LogP contribution >= 0.6 is 0 Å². The summed E-state index contributed by atoms with van der Waals surface area (Å²) in [4.78, 5) is 0. The molecule has 13 heavy (non-hydrogen) atoms. The van der Waals surface area contributed by atoms with Crippen molar-refractivity contribution in [3.05, 3.63) is 0 Å². The van der Waals surface area contributed by atoms with Crippen molar-refractivity contribution in [2.75, 3.05) is 6.61 Å². The molecule has 0 aliphatic heterocycles. The Labute approximate surface area is 83.5 Å². The van der Waals surface area contributed by atoms with Gasteiger partial charge in [-0.2, -0.15) is 0 Å². The summed E-state index contributed by atoms with van der Waals surface area (Å²) in [5, 5.41) is 8.77. The van der Waals surface area contributed by atoms with Crippen molar-refractivity contribution in [3.8, 4) is 0 Å². The van der Waals surface area contributed by atoms with Gasteiger partial charge in [-0.05, 0) is 18.8 Å². The van der Waals surface area contributed by atoms with Gasteiger partial charge < -0.3 is 5.11 Å². The SMILES string of the molecule is CCCCC(CCCC)CCCO. The van der Waals surface area contributed by atoms with Gasteiger partial charge in [0.25, 0.3) is 0 Å². The minimum absolute atomic E-state index is 0.370. The number of hydrogen-bond acceptors (Lipinski definition) is 1. The summed E-state index contributed by atoms with van der Waals surface area (Å²) < 4.78 is 0. The van der Waals surface area contributed by atoms with Crippen molar-refractivity contribution in [1.29, 1.82) is 0 Å². The predicted octanol–water partition coefficient (Wildman–Crippen LogP) is 3.76. The van der Waals surface area contributed by atoms with E-state index in [1.54, 1.807) is 0 Å². The zero-order valence-corrected chi connectivity index (χ0v) is 9.39. The third-order valence-corrected chi connectivity index (χ3v) is 2.70. The van der Waals surface area contributed by atoms with Gasteiger partial charge in [0.05, 0.1) is 0 Å². The molecule has 0 spiro atoms. The quantitative estimate of drug-likeness (QED) is 0.581. The van der Waals surface area contributed by atoms with Crippen LogP contribution in [0.3, 0.4) is 0 Å². The Morgan fingerprint density at radius 1 is 0.846 bits per heavy atom. The Hall–Kier alpha value is -0.0400. The summed E-state index contributed by atoms with van der Waals surface area (Å²) in [5.41, 5.74) is 0. The molecule has 0 bridgehead atoms. The molecular formula is C12H26O. The van der Waals surface area contributed by atoms with Crippen LogP contribution in [0, 0.1) is 5.92 Å². The highest BCUT2D eigenvalue weighted by atomic mass is 16.2. The zero-order chi connectivity index (χ0) is 9.94. The zero-order valence-electron chi connectivity index (χ0n) is 9.39. The first-order valence-corrected chi connectivity index (χ1v) is 5.96. The molecule has 0 amide bonds. The Morgan fingerprint density at radius 3 is 1.69 bits per heavy atom. The van der Waals surface area contributed by atoms with Crippen molar-refractivity contribution < 1.29 is 5.11 Å². The summed E-state index contributed by atoms with van der Waals surface area (Å²) >= 11 is 0. The van der Waals surface area contributed by atoms with E-state index in [0.29, 0.717) is 6.61 Å². The smallest absolute Gasteiger partial charge is 0.0431 e. The number of aliphatic hydroxyl groups is 1. The molecule has 0 rings (SSSR count). The van der Waals surface area contributed by atoms with Crippen LogP contribution in [0.2, 0.25) is 0 Å². The molecule has 0 saturated heterocycles. The Balaban J connectivity index is 3.47. The summed E-state index contributed by atoms with van der Waals surface area (Å²) in [6.07, 6.45) is 10.3. The number of unbranched alkanes of at least 4 members (excludes halogenated alkanes) is 2. The van der Waals surface area contributed by atoms with E-state index >= 15 is 0 Å². The molecule has 0 aromatic rings. The van der Waals surface area contributed by atoms with Crippen LogP contribution in [0.1, 0.15) is 65.2 Å². The molecule has 0 aromatic heterocycles. The van der Waals surface area contributed by atoms with Gasteiger partial charge in [-0.1, -0.05) is 52.4 Å². The largest absolute Gasteiger partial charge is 0.396 e. The van der Waals surface area contributed by atoms with Crippen LogP contribution < -0.4 is 0 Å². The van der Waals surface area contributed by atoms with Crippen molar-refractivity contribution in [2.24, 2.45) is 5.92 Å². The molecule has 1 heteroatoms. The molecular weight excluding hydrogens is 160 g/mol. The topological polar surface area (TPSA) is 20.2 Å². The van der Waals surface area contributed by atoms with Crippen molar-refractivity contribution in [3.63, 3.8) is 0 Å². The lowest BCUT2D eigenvalue weighted by molar-refractivity contribution is 0.262. The van der Waals surface area contributed by atoms with Crippen molar-refractivity contribution >= 4 is 0 Å². The van der Waals surface area contributed by atoms with Gasteiger partial charge >= 0.3 is 0 Å². The minimum Gasteiger partial charge on any atom is -0.396 e. The summed E-state index contributed by atoms with van der Waals surface area (Å²) in [6, 6.07) is 0. The number of rotatable bonds is 9. The van der Waals surface area contributed by atoms with Gasteiger partial charge in [0, 0.05) is 6.61 Å². The number of aliphatic hydroxyl groups excluding tert-OH is 1. The van der Waals surface area contributed by atoms with Crippen molar-refractivity contribution in [1.82, 2.24) is 0 Å². The van der Waals surface area contributed by atoms with Gasteiger partial charge in [-0.25, -0.2) is 0 Å². The van der Waals surface area contributed by atoms with Gasteiger partial charge in [-0.3, -0.25) is 0 Å². The van der Waals surface area contributed by atoms with Crippen LogP contribution in [-0.4, -0.2) is 11.7 Å². The average molecular weight is 186 g/mol. The first kappa shape index (κ1) is 13.0. The summed E-state index contributed by atoms with van der Waals surface area (Å²) in [5.74, 6) is 0.882. The maximum Gasteiger partial charge on any atom is 0.0431 e. The molecule has 0 fully saturated rings. The van der Waals surface area contributed by atoms with E-state index in [1.807, 2.05) is 0 Å². The molecule has 0 heterocycles. The lowest BCUT2D eigenvalue weighted by Crippen LogP contribution is -2.02. The normalized spacial score (nSPS) is 11.1. The molecule has 0 unspecified atom stereocenters. The second-order valence-corrected chi connectivity index (χ2v) is 4.02. The molecule has 0 aromatic carbocycles. The van der Waals surface area contributed by atoms with E-state index in [9.17, 15) is 0 Å². The van der Waals surface area contributed by atoms with Crippen LogP contribution in [0.4, 0.5) is 0 Å². The third kappa shape index (κ3) is 8.29. The van der Waals surface area contributed by atoms with Gasteiger partial charge in [0.15, 0.2) is 0 Å². The fraction of sp³-hybridized carbons (Fsp3) is 1.00. The highest BCUT2D eigenvalue weighted by Crippen LogP contribution is 2.20. The van der Waals surface area contributed by atoms with Crippen LogP contribution in [0.5, 0.6) is 0 Å². The lowest BCUT2D eigenvalue weighted by Gasteiger charge is -2.15. The van der Waals surface area contributed by atoms with E-state index in [4.69, 9.17) is 5.11 Å². The van der Waals surface area contributed by atoms with Crippen molar-refractivity contribution in [2.45, 2.75) is 65.2 Å². The summed E-state index contributed by atoms with van der Waals surface area (Å²) in [7, 11) is 0. The minimum atomic E-state index is 0.370. The number of hydrogen-bond donors (Lipinski definition) is 1. The summed E-state index contributed by atoms with van der Waals surface area (Å²) in [6.45, 7) is 4.88. The van der Waals surface area contributed by atoms with Crippen LogP contribution in [0.15, 0.2) is 0 Å². The molecule has 0 radical (unpaired) electrons. The fourth-order valence-electron chi connectivity index (χ4n) is 1.80. The standard InChI is InChI=1S/C12H26O/c1-3-5-8-12(9-6-4-2)10-7-11-13/h12-13H,3-11H2,1-2H3. The Morgan fingerprint density at radius 2 is 1.31 bits per heavy atom. The first-order valence-electron chi connectivity index (χ1n) is 5.96. The Kier molecular flexibility index (Phi) is 10.0. The Bertz CT molecular complexity index is 72.1. The molecule has 80 valence electrons. The third-order valence-electron chi connectivity index (χ3n) is 2.70. The van der Waals surface area contributed by atoms with E-state index < -0.39 is 0 Å². The van der Waals surface area contributed by atoms with Gasteiger partial charge in [0.1, 0.15) is 0 Å². The van der Waals surface area contributed by atoms with E-state index in [1.165, 1.54) is 44.9 Å². The molecule has 0 aliphatic rings. The monoisotopic (exact) mass is 186 g/mol. The highest BCUT2D eigenvalue weighted by molar-refractivity contribution is 4.59. The van der Waals surface area contributed by atoms with E-state index in [2.05, 4.69) is 13.8 Å². The fourth-order valence-corrected chi connectivity index (χ4v) is 1.80. The van der Waals surface area contributed by atoms with Crippen LogP contribution in [-0.2, 0) is 0 Å². The van der Waals surface area contributed by atoms with E-state index in [0.717, 1.165) is 12.3 Å². The first-order chi connectivity index (χ1) is 6.35. The van der Waals surface area contributed by atoms with Crippen LogP contribution in [0.25, 0.3) is 0 Å². The second kappa shape index (κ2) is 10.0. The second-order valence-electron chi connectivity index (χ2n) is 4.02. The van der Waals surface area contributed by atoms with Gasteiger partial charge in [0.2, 0.25) is 0 Å². The molecule has 0 atom stereocenters. The molecule has 0 aliphatic carbocycles. The molecule has 1 N–H and O–H groups in total. The maximum absolute atomic E-state index is 8.77. The highest BCUT2D eigenvalue weighted by Gasteiger charge is 2.06. The molecule has 1 nitrogen and oxygen atoms in total. The van der Waals surface area contributed by atoms with Gasteiger partial charge in [-0.15, -0.1) is 0 Å².